The van der Waals surface area contributed by atoms with Crippen molar-refractivity contribution in [2.75, 3.05) is 0 Å². The van der Waals surface area contributed by atoms with Crippen molar-refractivity contribution in [1.82, 2.24) is 0 Å². The normalized spacial score (nSPS) is 38.7. The molecule has 0 radical (unpaired) electrons. The summed E-state index contributed by atoms with van der Waals surface area (Å²) in [5, 5.41) is 66.6. The molecule has 330 valence electrons. The van der Waals surface area contributed by atoms with Gasteiger partial charge in [-0.1, -0.05) is 82.7 Å². The second-order valence-corrected chi connectivity index (χ2v) is 16.8. The molecule has 8 N–H and O–H groups in total. The molecule has 0 amide bonds. The van der Waals surface area contributed by atoms with E-state index >= 15 is 0 Å². The van der Waals surface area contributed by atoms with Gasteiger partial charge in [0.25, 0.3) is 0 Å². The fourth-order valence-electron chi connectivity index (χ4n) is 8.59. The first-order chi connectivity index (χ1) is 27.4. The molecule has 0 aromatic heterocycles. The predicted molar refractivity (Wildman–Crippen MR) is 217 cm³/mol. The number of aliphatic carboxylic acids is 1. The third-order valence-electron chi connectivity index (χ3n) is 11.9. The minimum absolute atomic E-state index is 0.0283. The highest BCUT2D eigenvalue weighted by Gasteiger charge is 2.57. The van der Waals surface area contributed by atoms with Crippen molar-refractivity contribution < 1.29 is 64.0 Å². The first-order valence-corrected chi connectivity index (χ1v) is 21.2. The molecule has 0 spiro atoms. The molecule has 0 aliphatic carbocycles. The van der Waals surface area contributed by atoms with E-state index in [1.165, 1.54) is 0 Å². The van der Waals surface area contributed by atoms with E-state index in [-0.39, 0.29) is 57.1 Å². The van der Waals surface area contributed by atoms with Crippen molar-refractivity contribution >= 4 is 17.7 Å². The molecular formula is C44H71NO13. The molecule has 14 atom stereocenters. The lowest BCUT2D eigenvalue weighted by Crippen LogP contribution is -2.62. The molecule has 2 fully saturated rings. The molecular weight excluding hydrogens is 750 g/mol. The van der Waals surface area contributed by atoms with E-state index in [0.29, 0.717) is 19.3 Å². The molecule has 14 heteroatoms. The molecule has 14 unspecified atom stereocenters. The first-order valence-electron chi connectivity index (χ1n) is 21.2. The van der Waals surface area contributed by atoms with E-state index in [1.807, 2.05) is 19.1 Å². The summed E-state index contributed by atoms with van der Waals surface area (Å²) in [5.74, 6) is -7.10. The molecule has 0 aromatic carbocycles. The molecule has 0 saturated carbocycles. The fourth-order valence-corrected chi connectivity index (χ4v) is 8.59. The van der Waals surface area contributed by atoms with Gasteiger partial charge in [0.1, 0.15) is 18.0 Å². The number of Topliss-reactive ketones (excluding diaryl/α,β-unsaturated/α-hetero) is 1. The van der Waals surface area contributed by atoms with Crippen molar-refractivity contribution in [2.45, 2.75) is 185 Å². The Balaban J connectivity index is 2.01. The molecule has 2 saturated heterocycles. The van der Waals surface area contributed by atoms with Gasteiger partial charge in [0.15, 0.2) is 12.1 Å². The Morgan fingerprint density at radius 1 is 0.983 bits per heavy atom. The van der Waals surface area contributed by atoms with Crippen LogP contribution in [0.4, 0.5) is 0 Å². The van der Waals surface area contributed by atoms with Crippen LogP contribution in [-0.2, 0) is 33.3 Å². The molecule has 3 rings (SSSR count). The van der Waals surface area contributed by atoms with Gasteiger partial charge in [-0.25, -0.2) is 0 Å². The van der Waals surface area contributed by atoms with E-state index in [9.17, 15) is 45.0 Å². The quantitative estimate of drug-likeness (QED) is 0.168. The average molecular weight is 822 g/mol. The van der Waals surface area contributed by atoms with Crippen LogP contribution in [0.2, 0.25) is 0 Å². The number of fused-ring (bicyclic) bond motifs is 2. The van der Waals surface area contributed by atoms with E-state index in [4.69, 9.17) is 24.7 Å². The van der Waals surface area contributed by atoms with Crippen LogP contribution in [0.15, 0.2) is 48.6 Å². The van der Waals surface area contributed by atoms with Crippen LogP contribution in [0.25, 0.3) is 0 Å². The number of carboxylic acids is 1. The van der Waals surface area contributed by atoms with Crippen molar-refractivity contribution in [3.05, 3.63) is 48.6 Å². The smallest absolute Gasteiger partial charge is 0.311 e. The minimum Gasteiger partial charge on any atom is -0.481 e. The van der Waals surface area contributed by atoms with Crippen LogP contribution < -0.4 is 5.73 Å². The summed E-state index contributed by atoms with van der Waals surface area (Å²) in [6, 6.07) is -0.607. The molecule has 3 heterocycles. The number of hydrogen-bond acceptors (Lipinski definition) is 13. The van der Waals surface area contributed by atoms with E-state index in [2.05, 4.69) is 0 Å². The number of ketones is 1. The van der Waals surface area contributed by atoms with E-state index < -0.39 is 102 Å². The van der Waals surface area contributed by atoms with Gasteiger partial charge in [-0.05, 0) is 51.9 Å². The molecule has 3 aliphatic heterocycles. The van der Waals surface area contributed by atoms with Gasteiger partial charge in [0.2, 0.25) is 0 Å². The number of esters is 1. The van der Waals surface area contributed by atoms with Crippen LogP contribution in [-0.4, -0.2) is 115 Å². The number of carbonyl (C=O) groups is 3. The van der Waals surface area contributed by atoms with Crippen LogP contribution in [0.1, 0.15) is 119 Å². The first kappa shape index (κ1) is 49.6. The Labute approximate surface area is 344 Å². The van der Waals surface area contributed by atoms with Crippen molar-refractivity contribution in [3.63, 3.8) is 0 Å². The van der Waals surface area contributed by atoms with Gasteiger partial charge in [-0.3, -0.25) is 14.4 Å². The van der Waals surface area contributed by atoms with Crippen LogP contribution in [0.5, 0.6) is 0 Å². The zero-order valence-electron chi connectivity index (χ0n) is 35.2. The van der Waals surface area contributed by atoms with Crippen LogP contribution >= 0.6 is 0 Å². The number of allylic oxidation sites excluding steroid dienone is 6. The molecule has 2 bridgehead atoms. The van der Waals surface area contributed by atoms with Gasteiger partial charge >= 0.3 is 11.9 Å². The summed E-state index contributed by atoms with van der Waals surface area (Å²) in [7, 11) is 0. The number of hydrogen-bond donors (Lipinski definition) is 7. The highest BCUT2D eigenvalue weighted by molar-refractivity contribution is 5.80. The zero-order chi connectivity index (χ0) is 43.2. The fraction of sp³-hybridized carbons (Fsp3) is 0.750. The minimum atomic E-state index is -1.93. The third-order valence-corrected chi connectivity index (χ3v) is 11.9. The lowest BCUT2D eigenvalue weighted by atomic mass is 9.69. The third kappa shape index (κ3) is 13.9. The van der Waals surface area contributed by atoms with Gasteiger partial charge < -0.3 is 55.3 Å². The topological polar surface area (TPSA) is 236 Å². The Kier molecular flexibility index (Phi) is 19.9. The average Bonchev–Trinajstić information content (AvgIpc) is 3.12. The number of rotatable bonds is 8. The SMILES string of the molecule is CCCC1CC=CC=CC=CC=CC(OC2OC(C)C(O)C(C(C)N)C2O)CC2(C(C)C)OC(O)(CCC2C(=O)O)CC(O)CCCC(=O)CC(O)C(CC)C(=O)O1. The monoisotopic (exact) mass is 821 g/mol. The lowest BCUT2D eigenvalue weighted by molar-refractivity contribution is -0.337. The van der Waals surface area contributed by atoms with Gasteiger partial charge in [-0.2, -0.15) is 0 Å². The highest BCUT2D eigenvalue weighted by atomic mass is 16.7. The Morgan fingerprint density at radius 2 is 1.66 bits per heavy atom. The summed E-state index contributed by atoms with van der Waals surface area (Å²) in [6.45, 7) is 10.7. The number of cyclic esters (lactones) is 1. The molecule has 58 heavy (non-hydrogen) atoms. The number of nitrogens with two attached hydrogens (primary N) is 1. The second kappa shape index (κ2) is 23.3. The number of carboxylic acid groups (broad SMARTS) is 1. The zero-order valence-corrected chi connectivity index (χ0v) is 35.2. The Bertz CT molecular complexity index is 1430. The standard InChI is InChI=1S/C44H71NO13/c1-7-17-32-20-14-12-10-9-11-13-15-21-33(57-42-39(50)37(28(5)45)38(49)29(6)55-42)26-44(27(3)4)35(40(51)52)22-23-43(54,58-44)25-31(47)19-16-18-30(46)24-36(48)34(8-2)41(53)56-32/h9-15,21,27-29,31-39,42,47-50,54H,7-8,16-20,22-26,45H2,1-6H3,(H,51,52). The Morgan fingerprint density at radius 3 is 2.28 bits per heavy atom. The molecule has 14 nitrogen and oxygen atoms in total. The van der Waals surface area contributed by atoms with E-state index in [1.54, 1.807) is 71.1 Å². The summed E-state index contributed by atoms with van der Waals surface area (Å²) in [4.78, 5) is 38.9. The van der Waals surface area contributed by atoms with Gasteiger partial charge in [0.05, 0.1) is 48.0 Å². The van der Waals surface area contributed by atoms with Gasteiger partial charge in [0, 0.05) is 50.5 Å². The lowest BCUT2D eigenvalue weighted by Gasteiger charge is -2.53. The van der Waals surface area contributed by atoms with Crippen LogP contribution in [0, 0.1) is 23.7 Å². The van der Waals surface area contributed by atoms with Crippen molar-refractivity contribution in [2.24, 2.45) is 29.4 Å². The number of ether oxygens (including phenoxy) is 4. The maximum absolute atomic E-state index is 13.1. The number of carbonyl (C=O) groups excluding carboxylic acids is 2. The number of aliphatic hydroxyl groups is 5. The predicted octanol–water partition coefficient (Wildman–Crippen LogP) is 4.39. The summed E-state index contributed by atoms with van der Waals surface area (Å²) >= 11 is 0. The largest absolute Gasteiger partial charge is 0.481 e. The summed E-state index contributed by atoms with van der Waals surface area (Å²) in [6.07, 6.45) is 8.08. The van der Waals surface area contributed by atoms with Gasteiger partial charge in [-0.15, -0.1) is 0 Å². The maximum Gasteiger partial charge on any atom is 0.311 e. The number of aliphatic hydroxyl groups excluding tert-OH is 4. The molecule has 3 aliphatic rings. The van der Waals surface area contributed by atoms with Crippen LogP contribution in [0.3, 0.4) is 0 Å². The van der Waals surface area contributed by atoms with E-state index in [0.717, 1.165) is 6.42 Å². The maximum atomic E-state index is 13.1. The Hall–Kier alpha value is -2.79. The molecule has 0 aromatic rings. The van der Waals surface area contributed by atoms with Crippen molar-refractivity contribution in [1.29, 1.82) is 0 Å². The highest BCUT2D eigenvalue weighted by Crippen LogP contribution is 2.48. The second-order valence-electron chi connectivity index (χ2n) is 16.8. The van der Waals surface area contributed by atoms with Crippen molar-refractivity contribution in [3.8, 4) is 0 Å². The summed E-state index contributed by atoms with van der Waals surface area (Å²) in [5.41, 5.74) is 4.63. The summed E-state index contributed by atoms with van der Waals surface area (Å²) < 4.78 is 24.7.